The Morgan fingerprint density at radius 2 is 1.90 bits per heavy atom. The summed E-state index contributed by atoms with van der Waals surface area (Å²) in [4.78, 5) is 28.8. The number of anilines is 1. The number of hydrogen-bond donors (Lipinski definition) is 1. The van der Waals surface area contributed by atoms with Crippen molar-refractivity contribution in [3.8, 4) is 0 Å². The van der Waals surface area contributed by atoms with Crippen LogP contribution < -0.4 is 10.2 Å². The van der Waals surface area contributed by atoms with Crippen molar-refractivity contribution in [3.05, 3.63) is 82.3 Å². The van der Waals surface area contributed by atoms with E-state index in [4.69, 9.17) is 0 Å². The molecule has 29 heavy (non-hydrogen) atoms. The molecule has 1 aliphatic heterocycles. The monoisotopic (exact) mass is 426 g/mol. The highest BCUT2D eigenvalue weighted by atomic mass is 32.2. The van der Waals surface area contributed by atoms with E-state index in [2.05, 4.69) is 5.32 Å². The summed E-state index contributed by atoms with van der Waals surface area (Å²) in [7, 11) is 0. The van der Waals surface area contributed by atoms with Gasteiger partial charge in [0, 0.05) is 22.7 Å². The van der Waals surface area contributed by atoms with E-state index >= 15 is 0 Å². The van der Waals surface area contributed by atoms with Gasteiger partial charge >= 0.3 is 0 Å². The molecule has 4 rings (SSSR count). The molecule has 2 aromatic carbocycles. The third-order valence-corrected chi connectivity index (χ3v) is 6.69. The Morgan fingerprint density at radius 1 is 1.10 bits per heavy atom. The van der Waals surface area contributed by atoms with Gasteiger partial charge in [0.2, 0.25) is 11.8 Å². The lowest BCUT2D eigenvalue weighted by Gasteiger charge is -2.29. The molecule has 0 saturated heterocycles. The van der Waals surface area contributed by atoms with Crippen molar-refractivity contribution in [1.82, 2.24) is 5.32 Å². The van der Waals surface area contributed by atoms with Gasteiger partial charge in [-0.2, -0.15) is 0 Å². The van der Waals surface area contributed by atoms with Crippen LogP contribution in [0.25, 0.3) is 0 Å². The van der Waals surface area contributed by atoms with Crippen LogP contribution in [-0.2, 0) is 9.59 Å². The molecule has 1 atom stereocenters. The summed E-state index contributed by atoms with van der Waals surface area (Å²) in [6, 6.07) is 17.4. The third-order valence-electron chi connectivity index (χ3n) is 4.71. The van der Waals surface area contributed by atoms with Crippen LogP contribution in [0.5, 0.6) is 0 Å². The van der Waals surface area contributed by atoms with Crippen LogP contribution in [0.3, 0.4) is 0 Å². The highest BCUT2D eigenvalue weighted by molar-refractivity contribution is 8.00. The van der Waals surface area contributed by atoms with Crippen molar-refractivity contribution in [1.29, 1.82) is 0 Å². The predicted molar refractivity (Wildman–Crippen MR) is 115 cm³/mol. The van der Waals surface area contributed by atoms with E-state index in [1.807, 2.05) is 41.8 Å². The fraction of sp³-hybridized carbons (Fsp3) is 0.182. The zero-order valence-corrected chi connectivity index (χ0v) is 17.1. The SMILES string of the molecule is O=C(CCN1C(=O)CSc2ccccc21)NC(c1ccc(F)cc1)c1cccs1. The molecule has 0 saturated carbocycles. The average molecular weight is 427 g/mol. The molecule has 148 valence electrons. The van der Waals surface area contributed by atoms with Gasteiger partial charge in [-0.15, -0.1) is 23.1 Å². The van der Waals surface area contributed by atoms with Gasteiger partial charge in [-0.1, -0.05) is 30.3 Å². The molecule has 1 aliphatic rings. The minimum atomic E-state index is -0.344. The zero-order chi connectivity index (χ0) is 20.2. The molecule has 0 bridgehead atoms. The maximum atomic E-state index is 13.3. The molecule has 1 unspecified atom stereocenters. The zero-order valence-electron chi connectivity index (χ0n) is 15.5. The quantitative estimate of drug-likeness (QED) is 0.626. The number of carbonyl (C=O) groups excluding carboxylic acids is 2. The molecule has 1 aromatic heterocycles. The van der Waals surface area contributed by atoms with Crippen LogP contribution in [0, 0.1) is 5.82 Å². The lowest BCUT2D eigenvalue weighted by atomic mass is 10.0. The number of rotatable bonds is 6. The topological polar surface area (TPSA) is 49.4 Å². The Hall–Kier alpha value is -2.64. The second-order valence-corrected chi connectivity index (χ2v) is 8.62. The van der Waals surface area contributed by atoms with Crippen molar-refractivity contribution in [2.75, 3.05) is 17.2 Å². The van der Waals surface area contributed by atoms with Gasteiger partial charge in [-0.3, -0.25) is 9.59 Å². The molecule has 2 heterocycles. The summed E-state index contributed by atoms with van der Waals surface area (Å²) < 4.78 is 13.3. The third kappa shape index (κ3) is 4.52. The second kappa shape index (κ2) is 8.80. The highest BCUT2D eigenvalue weighted by Gasteiger charge is 2.25. The molecule has 7 heteroatoms. The van der Waals surface area contributed by atoms with E-state index in [-0.39, 0.29) is 30.1 Å². The van der Waals surface area contributed by atoms with Gasteiger partial charge < -0.3 is 10.2 Å². The first-order chi connectivity index (χ1) is 14.1. The Morgan fingerprint density at radius 3 is 2.66 bits per heavy atom. The summed E-state index contributed by atoms with van der Waals surface area (Å²) in [5, 5.41) is 4.98. The standard InChI is InChI=1S/C22H19FN2O2S2/c23-16-9-7-15(8-10-16)22(19-6-3-13-28-19)24-20(26)11-12-25-17-4-1-2-5-18(17)29-14-21(25)27/h1-10,13,22H,11-12,14H2,(H,24,26). The maximum Gasteiger partial charge on any atom is 0.237 e. The number of hydrogen-bond acceptors (Lipinski definition) is 4. The minimum absolute atomic E-state index is 0.00911. The smallest absolute Gasteiger partial charge is 0.237 e. The Kier molecular flexibility index (Phi) is 5.97. The highest BCUT2D eigenvalue weighted by Crippen LogP contribution is 2.35. The Balaban J connectivity index is 1.46. The van der Waals surface area contributed by atoms with Gasteiger partial charge in [0.25, 0.3) is 0 Å². The van der Waals surface area contributed by atoms with E-state index < -0.39 is 0 Å². The molecule has 0 fully saturated rings. The number of amides is 2. The van der Waals surface area contributed by atoms with Crippen LogP contribution in [0.2, 0.25) is 0 Å². The molecular weight excluding hydrogens is 407 g/mol. The normalized spacial score (nSPS) is 14.4. The van der Waals surface area contributed by atoms with E-state index in [1.165, 1.54) is 35.2 Å². The number of para-hydroxylation sites is 1. The number of fused-ring (bicyclic) bond motifs is 1. The Bertz CT molecular complexity index is 1010. The number of carbonyl (C=O) groups is 2. The maximum absolute atomic E-state index is 13.3. The second-order valence-electron chi connectivity index (χ2n) is 6.62. The lowest BCUT2D eigenvalue weighted by molar-refractivity contribution is -0.121. The summed E-state index contributed by atoms with van der Waals surface area (Å²) in [6.07, 6.45) is 0.188. The van der Waals surface area contributed by atoms with Gasteiger partial charge in [0.15, 0.2) is 0 Å². The number of benzene rings is 2. The van der Waals surface area contributed by atoms with Gasteiger partial charge in [0.05, 0.1) is 17.5 Å². The van der Waals surface area contributed by atoms with Crippen molar-refractivity contribution >= 4 is 40.6 Å². The van der Waals surface area contributed by atoms with Gasteiger partial charge in [0.1, 0.15) is 5.82 Å². The summed E-state index contributed by atoms with van der Waals surface area (Å²) in [6.45, 7) is 0.322. The Labute approximate surface area is 176 Å². The van der Waals surface area contributed by atoms with Gasteiger partial charge in [-0.25, -0.2) is 4.39 Å². The first kappa shape index (κ1) is 19.7. The lowest BCUT2D eigenvalue weighted by Crippen LogP contribution is -2.39. The minimum Gasteiger partial charge on any atom is -0.344 e. The molecular formula is C22H19FN2O2S2. The van der Waals surface area contributed by atoms with Crippen molar-refractivity contribution in [2.45, 2.75) is 17.4 Å². The molecule has 3 aromatic rings. The number of thiophene rings is 1. The first-order valence-corrected chi connectivity index (χ1v) is 11.1. The molecule has 0 radical (unpaired) electrons. The van der Waals surface area contributed by atoms with Crippen LogP contribution >= 0.6 is 23.1 Å². The molecule has 0 aliphatic carbocycles. The fourth-order valence-electron chi connectivity index (χ4n) is 3.28. The van der Waals surface area contributed by atoms with Crippen molar-refractivity contribution in [3.63, 3.8) is 0 Å². The average Bonchev–Trinajstić information content (AvgIpc) is 3.26. The van der Waals surface area contributed by atoms with Crippen LogP contribution in [0.1, 0.15) is 22.9 Å². The number of halogens is 1. The van der Waals surface area contributed by atoms with Crippen molar-refractivity contribution < 1.29 is 14.0 Å². The van der Waals surface area contributed by atoms with E-state index in [0.717, 1.165) is 21.0 Å². The first-order valence-electron chi connectivity index (χ1n) is 9.22. The van der Waals surface area contributed by atoms with E-state index in [9.17, 15) is 14.0 Å². The molecule has 0 spiro atoms. The van der Waals surface area contributed by atoms with Crippen LogP contribution in [0.15, 0.2) is 70.9 Å². The molecule has 4 nitrogen and oxygen atoms in total. The van der Waals surface area contributed by atoms with Crippen LogP contribution in [0.4, 0.5) is 10.1 Å². The fourth-order valence-corrected chi connectivity index (χ4v) is 5.01. The van der Waals surface area contributed by atoms with Crippen molar-refractivity contribution in [2.24, 2.45) is 0 Å². The predicted octanol–water partition coefficient (Wildman–Crippen LogP) is 4.62. The number of nitrogens with one attached hydrogen (secondary N) is 1. The number of nitrogens with zero attached hydrogens (tertiary/aromatic N) is 1. The number of thioether (sulfide) groups is 1. The molecule has 2 amide bonds. The summed E-state index contributed by atoms with van der Waals surface area (Å²) in [5.41, 5.74) is 1.67. The summed E-state index contributed by atoms with van der Waals surface area (Å²) in [5.74, 6) is -0.0808. The summed E-state index contributed by atoms with van der Waals surface area (Å²) >= 11 is 3.05. The molecule has 1 N–H and O–H groups in total. The van der Waals surface area contributed by atoms with E-state index in [1.54, 1.807) is 17.0 Å². The largest absolute Gasteiger partial charge is 0.344 e. The van der Waals surface area contributed by atoms with Crippen LogP contribution in [-0.4, -0.2) is 24.1 Å². The van der Waals surface area contributed by atoms with E-state index in [0.29, 0.717) is 12.3 Å². The van der Waals surface area contributed by atoms with Gasteiger partial charge in [-0.05, 0) is 41.3 Å².